The molecule has 7 nitrogen and oxygen atoms in total. The first kappa shape index (κ1) is 18.1. The van der Waals surface area contributed by atoms with Gasteiger partial charge in [0.15, 0.2) is 0 Å². The maximum Gasteiger partial charge on any atom is 0.253 e. The SMILES string of the molecule is Cc1c(CN(C)C(=O)c2cccc(NC(=O)[C@H]3CCCO3)c2)cnn1C. The summed E-state index contributed by atoms with van der Waals surface area (Å²) in [5, 5.41) is 7.04. The predicted molar refractivity (Wildman–Crippen MR) is 97.8 cm³/mol. The van der Waals surface area contributed by atoms with Gasteiger partial charge >= 0.3 is 0 Å². The number of aryl methyl sites for hydroxylation is 1. The molecule has 3 rings (SSSR count). The van der Waals surface area contributed by atoms with Crippen LogP contribution in [-0.4, -0.2) is 46.3 Å². The Hall–Kier alpha value is -2.67. The average Bonchev–Trinajstić information content (AvgIpc) is 3.27. The van der Waals surface area contributed by atoms with Gasteiger partial charge in [0, 0.05) is 49.8 Å². The third kappa shape index (κ3) is 3.94. The molecule has 7 heteroatoms. The van der Waals surface area contributed by atoms with E-state index in [2.05, 4.69) is 10.4 Å². The van der Waals surface area contributed by atoms with Gasteiger partial charge in [-0.15, -0.1) is 0 Å². The maximum absolute atomic E-state index is 12.7. The van der Waals surface area contributed by atoms with Crippen molar-refractivity contribution in [1.82, 2.24) is 14.7 Å². The zero-order valence-corrected chi connectivity index (χ0v) is 15.4. The number of carbonyl (C=O) groups excluding carboxylic acids is 2. The molecule has 138 valence electrons. The van der Waals surface area contributed by atoms with Crippen molar-refractivity contribution in [1.29, 1.82) is 0 Å². The van der Waals surface area contributed by atoms with Crippen LogP contribution in [0.5, 0.6) is 0 Å². The quantitative estimate of drug-likeness (QED) is 0.890. The van der Waals surface area contributed by atoms with Gasteiger partial charge in [-0.05, 0) is 38.0 Å². The predicted octanol–water partition coefficient (Wildman–Crippen LogP) is 2.12. The third-order valence-electron chi connectivity index (χ3n) is 4.69. The van der Waals surface area contributed by atoms with E-state index < -0.39 is 6.10 Å². The molecule has 26 heavy (non-hydrogen) atoms. The summed E-state index contributed by atoms with van der Waals surface area (Å²) >= 11 is 0. The lowest BCUT2D eigenvalue weighted by Crippen LogP contribution is -2.28. The number of hydrogen-bond donors (Lipinski definition) is 1. The van der Waals surface area contributed by atoms with E-state index in [1.165, 1.54) is 0 Å². The van der Waals surface area contributed by atoms with Gasteiger partial charge in [0.1, 0.15) is 6.10 Å². The number of aromatic nitrogens is 2. The molecular formula is C19H24N4O3. The van der Waals surface area contributed by atoms with Crippen LogP contribution in [0, 0.1) is 6.92 Å². The summed E-state index contributed by atoms with van der Waals surface area (Å²) in [5.74, 6) is -0.270. The van der Waals surface area contributed by atoms with Gasteiger partial charge in [0.05, 0.1) is 6.20 Å². The number of nitrogens with one attached hydrogen (secondary N) is 1. The van der Waals surface area contributed by atoms with E-state index in [0.717, 1.165) is 24.1 Å². The summed E-state index contributed by atoms with van der Waals surface area (Å²) in [7, 11) is 3.63. The molecule has 2 amide bonds. The molecule has 0 radical (unpaired) electrons. The molecule has 0 spiro atoms. The fourth-order valence-electron chi connectivity index (χ4n) is 2.98. The Kier molecular flexibility index (Phi) is 5.37. The molecule has 1 atom stereocenters. The minimum atomic E-state index is -0.398. The number of benzene rings is 1. The average molecular weight is 356 g/mol. The number of carbonyl (C=O) groups is 2. The Bertz CT molecular complexity index is 809. The highest BCUT2D eigenvalue weighted by Crippen LogP contribution is 2.18. The van der Waals surface area contributed by atoms with E-state index in [1.807, 2.05) is 14.0 Å². The zero-order valence-electron chi connectivity index (χ0n) is 15.4. The minimum absolute atomic E-state index is 0.110. The van der Waals surface area contributed by atoms with Crippen LogP contribution < -0.4 is 5.32 Å². The van der Waals surface area contributed by atoms with Gasteiger partial charge in [-0.1, -0.05) is 6.07 Å². The Morgan fingerprint density at radius 1 is 1.42 bits per heavy atom. The van der Waals surface area contributed by atoms with Gasteiger partial charge in [0.2, 0.25) is 0 Å². The van der Waals surface area contributed by atoms with E-state index in [-0.39, 0.29) is 11.8 Å². The topological polar surface area (TPSA) is 76.5 Å². The van der Waals surface area contributed by atoms with Crippen molar-refractivity contribution in [3.8, 4) is 0 Å². The van der Waals surface area contributed by atoms with Gasteiger partial charge in [-0.2, -0.15) is 5.10 Å². The molecule has 0 unspecified atom stereocenters. The number of anilines is 1. The Balaban J connectivity index is 1.67. The van der Waals surface area contributed by atoms with Crippen molar-refractivity contribution in [2.45, 2.75) is 32.4 Å². The van der Waals surface area contributed by atoms with Crippen molar-refractivity contribution in [2.75, 3.05) is 19.0 Å². The number of hydrogen-bond acceptors (Lipinski definition) is 4. The fraction of sp³-hybridized carbons (Fsp3) is 0.421. The first-order chi connectivity index (χ1) is 12.5. The van der Waals surface area contributed by atoms with Crippen LogP contribution in [0.25, 0.3) is 0 Å². The third-order valence-corrected chi connectivity index (χ3v) is 4.69. The molecule has 1 fully saturated rings. The molecule has 0 bridgehead atoms. The number of rotatable bonds is 5. The summed E-state index contributed by atoms with van der Waals surface area (Å²) in [5.41, 5.74) is 3.16. The van der Waals surface area contributed by atoms with E-state index >= 15 is 0 Å². The number of amides is 2. The van der Waals surface area contributed by atoms with Gasteiger partial charge in [-0.3, -0.25) is 14.3 Å². The highest BCUT2D eigenvalue weighted by atomic mass is 16.5. The summed E-state index contributed by atoms with van der Waals surface area (Å²) in [6.07, 6.45) is 3.01. The van der Waals surface area contributed by atoms with Crippen LogP contribution in [-0.2, 0) is 23.1 Å². The monoisotopic (exact) mass is 356 g/mol. The Morgan fingerprint density at radius 3 is 2.88 bits per heavy atom. The van der Waals surface area contributed by atoms with Gasteiger partial charge in [-0.25, -0.2) is 0 Å². The van der Waals surface area contributed by atoms with Crippen molar-refractivity contribution < 1.29 is 14.3 Å². The number of nitrogens with zero attached hydrogens (tertiary/aromatic N) is 3. The van der Waals surface area contributed by atoms with E-state index in [0.29, 0.717) is 24.4 Å². The summed E-state index contributed by atoms with van der Waals surface area (Å²) < 4.78 is 7.17. The lowest BCUT2D eigenvalue weighted by atomic mass is 10.1. The minimum Gasteiger partial charge on any atom is -0.368 e. The zero-order chi connectivity index (χ0) is 18.7. The highest BCUT2D eigenvalue weighted by molar-refractivity contribution is 5.98. The first-order valence-corrected chi connectivity index (χ1v) is 8.71. The lowest BCUT2D eigenvalue weighted by Gasteiger charge is -2.18. The van der Waals surface area contributed by atoms with Crippen molar-refractivity contribution in [2.24, 2.45) is 7.05 Å². The molecule has 1 saturated heterocycles. The maximum atomic E-state index is 12.7. The standard InChI is InChI=1S/C19H24N4O3/c1-13-15(11-20-23(13)3)12-22(2)19(25)14-6-4-7-16(10-14)21-18(24)17-8-5-9-26-17/h4,6-7,10-11,17H,5,8-9,12H2,1-3H3,(H,21,24)/t17-/m1/s1. The van der Waals surface area contributed by atoms with Crippen molar-refractivity contribution in [3.63, 3.8) is 0 Å². The molecule has 1 aromatic carbocycles. The Morgan fingerprint density at radius 2 is 2.23 bits per heavy atom. The summed E-state index contributed by atoms with van der Waals surface area (Å²) in [6.45, 7) is 3.07. The molecule has 2 heterocycles. The van der Waals surface area contributed by atoms with Crippen molar-refractivity contribution >= 4 is 17.5 Å². The van der Waals surface area contributed by atoms with Crippen LogP contribution >= 0.6 is 0 Å². The van der Waals surface area contributed by atoms with Crippen LogP contribution in [0.3, 0.4) is 0 Å². The van der Waals surface area contributed by atoms with Crippen molar-refractivity contribution in [3.05, 3.63) is 47.3 Å². The van der Waals surface area contributed by atoms with E-state index in [4.69, 9.17) is 4.74 Å². The van der Waals surface area contributed by atoms with E-state index in [9.17, 15) is 9.59 Å². The first-order valence-electron chi connectivity index (χ1n) is 8.71. The second-order valence-corrected chi connectivity index (χ2v) is 6.61. The van der Waals surface area contributed by atoms with Crippen LogP contribution in [0.2, 0.25) is 0 Å². The smallest absolute Gasteiger partial charge is 0.253 e. The van der Waals surface area contributed by atoms with Gasteiger partial charge in [0.25, 0.3) is 11.8 Å². The summed E-state index contributed by atoms with van der Waals surface area (Å²) in [4.78, 5) is 26.5. The van der Waals surface area contributed by atoms with E-state index in [1.54, 1.807) is 47.1 Å². The Labute approximate surface area is 152 Å². The summed E-state index contributed by atoms with van der Waals surface area (Å²) in [6, 6.07) is 6.98. The number of ether oxygens (including phenoxy) is 1. The normalized spacial score (nSPS) is 16.5. The lowest BCUT2D eigenvalue weighted by molar-refractivity contribution is -0.124. The second kappa shape index (κ2) is 7.70. The van der Waals surface area contributed by atoms with Crippen LogP contribution in [0.1, 0.15) is 34.5 Å². The molecule has 1 aliphatic rings. The highest BCUT2D eigenvalue weighted by Gasteiger charge is 2.23. The fourth-order valence-corrected chi connectivity index (χ4v) is 2.98. The van der Waals surface area contributed by atoms with Crippen LogP contribution in [0.15, 0.2) is 30.5 Å². The molecule has 1 N–H and O–H groups in total. The molecular weight excluding hydrogens is 332 g/mol. The molecule has 0 aliphatic carbocycles. The van der Waals surface area contributed by atoms with Crippen LogP contribution in [0.4, 0.5) is 5.69 Å². The van der Waals surface area contributed by atoms with Gasteiger partial charge < -0.3 is 15.0 Å². The molecule has 1 aromatic heterocycles. The largest absolute Gasteiger partial charge is 0.368 e. The second-order valence-electron chi connectivity index (χ2n) is 6.61. The molecule has 0 saturated carbocycles. The molecule has 2 aromatic rings. The molecule has 1 aliphatic heterocycles.